The molecule has 1 amide bonds. The average Bonchev–Trinajstić information content (AvgIpc) is 3.10. The third kappa shape index (κ3) is 4.82. The Morgan fingerprint density at radius 1 is 1.21 bits per heavy atom. The van der Waals surface area contributed by atoms with Crippen LogP contribution in [0.15, 0.2) is 40.1 Å². The second kappa shape index (κ2) is 9.88. The second-order valence-corrected chi connectivity index (χ2v) is 8.14. The summed E-state index contributed by atoms with van der Waals surface area (Å²) in [5.41, 5.74) is 1.39. The highest BCUT2D eigenvalue weighted by Crippen LogP contribution is 2.24. The van der Waals surface area contributed by atoms with Gasteiger partial charge in [0, 0.05) is 17.6 Å². The van der Waals surface area contributed by atoms with Crippen molar-refractivity contribution in [2.75, 3.05) is 24.2 Å². The monoisotopic (exact) mass is 462 g/mol. The van der Waals surface area contributed by atoms with Crippen LogP contribution in [0.3, 0.4) is 0 Å². The van der Waals surface area contributed by atoms with Crippen LogP contribution in [0, 0.1) is 0 Å². The zero-order chi connectivity index (χ0) is 19.9. The normalized spacial score (nSPS) is 11.0. The number of hydrogen-bond acceptors (Lipinski definition) is 6. The molecule has 1 aromatic carbocycles. The minimum atomic E-state index is -0.119. The molecule has 2 N–H and O–H groups in total. The van der Waals surface area contributed by atoms with E-state index in [2.05, 4.69) is 55.5 Å². The van der Waals surface area contributed by atoms with Gasteiger partial charge in [0.15, 0.2) is 10.8 Å². The Labute approximate surface area is 176 Å². The first kappa shape index (κ1) is 20.6. The summed E-state index contributed by atoms with van der Waals surface area (Å²) in [7, 11) is 0. The van der Waals surface area contributed by atoms with E-state index in [0.717, 1.165) is 45.2 Å². The van der Waals surface area contributed by atoms with Crippen LogP contribution in [-0.4, -0.2) is 44.5 Å². The summed E-state index contributed by atoms with van der Waals surface area (Å²) in [4.78, 5) is 21.6. The lowest BCUT2D eigenvalue weighted by Crippen LogP contribution is -2.27. The lowest BCUT2D eigenvalue weighted by atomic mass is 10.2. The number of nitrogens with one attached hydrogen (secondary N) is 2. The number of aromatic nitrogens is 4. The molecule has 0 fully saturated rings. The molecule has 148 valence electrons. The molecule has 2 aromatic heterocycles. The largest absolute Gasteiger partial charge is 0.369 e. The molecule has 3 rings (SSSR count). The van der Waals surface area contributed by atoms with Gasteiger partial charge in [-0.05, 0) is 40.2 Å². The average molecular weight is 463 g/mol. The predicted octanol–water partition coefficient (Wildman–Crippen LogP) is 3.95. The number of anilines is 1. The molecule has 2 heterocycles. The van der Waals surface area contributed by atoms with Crippen LogP contribution in [-0.2, 0) is 6.54 Å². The fourth-order valence-electron chi connectivity index (χ4n) is 2.69. The van der Waals surface area contributed by atoms with E-state index in [0.29, 0.717) is 18.7 Å². The van der Waals surface area contributed by atoms with Crippen molar-refractivity contribution < 1.29 is 4.79 Å². The molecule has 0 aliphatic carbocycles. The number of hydrogen-bond donors (Lipinski definition) is 2. The fraction of sp³-hybridized carbons (Fsp3) is 0.368. The molecule has 0 saturated heterocycles. The molecule has 0 bridgehead atoms. The van der Waals surface area contributed by atoms with E-state index in [4.69, 9.17) is 0 Å². The lowest BCUT2D eigenvalue weighted by molar-refractivity contribution is 0.0951. The molecule has 0 atom stereocenters. The summed E-state index contributed by atoms with van der Waals surface area (Å²) >= 11 is 5.01. The van der Waals surface area contributed by atoms with E-state index in [1.54, 1.807) is 24.0 Å². The van der Waals surface area contributed by atoms with Crippen LogP contribution in [0.2, 0.25) is 0 Å². The Morgan fingerprint density at radius 2 is 2.04 bits per heavy atom. The minimum Gasteiger partial charge on any atom is -0.369 e. The summed E-state index contributed by atoms with van der Waals surface area (Å²) in [5.74, 6) is 1.59. The summed E-state index contributed by atoms with van der Waals surface area (Å²) in [5, 5.41) is 12.4. The van der Waals surface area contributed by atoms with Crippen molar-refractivity contribution in [1.29, 1.82) is 0 Å². The molecular formula is C19H23BrN6OS. The van der Waals surface area contributed by atoms with Crippen LogP contribution in [0.5, 0.6) is 0 Å². The van der Waals surface area contributed by atoms with Crippen molar-refractivity contribution in [2.24, 2.45) is 0 Å². The molecule has 0 unspecified atom stereocenters. The number of amides is 1. The van der Waals surface area contributed by atoms with Crippen molar-refractivity contribution in [2.45, 2.75) is 32.0 Å². The number of rotatable bonds is 9. The van der Waals surface area contributed by atoms with Crippen LogP contribution < -0.4 is 10.6 Å². The number of thioether (sulfide) groups is 1. The van der Waals surface area contributed by atoms with Crippen LogP contribution in [0.1, 0.15) is 30.6 Å². The number of fused-ring (bicyclic) bond motifs is 1. The van der Waals surface area contributed by atoms with Crippen molar-refractivity contribution in [1.82, 2.24) is 25.1 Å². The number of nitrogens with zero attached hydrogens (tertiary/aromatic N) is 4. The Morgan fingerprint density at radius 3 is 2.79 bits per heavy atom. The topological polar surface area (TPSA) is 84.7 Å². The van der Waals surface area contributed by atoms with Gasteiger partial charge in [-0.3, -0.25) is 4.79 Å². The maximum Gasteiger partial charge on any atom is 0.252 e. The maximum atomic E-state index is 12.4. The molecule has 0 aliphatic heterocycles. The Hall–Kier alpha value is -2.13. The third-order valence-corrected chi connectivity index (χ3v) is 5.44. The van der Waals surface area contributed by atoms with Crippen LogP contribution >= 0.6 is 27.7 Å². The van der Waals surface area contributed by atoms with Crippen molar-refractivity contribution in [3.8, 4) is 0 Å². The number of carbonyl (C=O) groups excluding carboxylic acids is 1. The molecule has 0 saturated carbocycles. The van der Waals surface area contributed by atoms with Gasteiger partial charge in [0.1, 0.15) is 5.82 Å². The van der Waals surface area contributed by atoms with Gasteiger partial charge in [-0.2, -0.15) is 5.10 Å². The molecule has 9 heteroatoms. The molecule has 3 aromatic rings. The van der Waals surface area contributed by atoms with E-state index >= 15 is 0 Å². The lowest BCUT2D eigenvalue weighted by Gasteiger charge is -2.09. The van der Waals surface area contributed by atoms with E-state index in [-0.39, 0.29) is 5.91 Å². The van der Waals surface area contributed by atoms with E-state index < -0.39 is 0 Å². The SMILES string of the molecule is CCCNc1nc(SCC)nc2c1cnn2CCNC(=O)c1ccccc1Br. The maximum absolute atomic E-state index is 12.4. The van der Waals surface area contributed by atoms with Crippen LogP contribution in [0.4, 0.5) is 5.82 Å². The summed E-state index contributed by atoms with van der Waals surface area (Å²) in [6, 6.07) is 7.36. The highest BCUT2D eigenvalue weighted by molar-refractivity contribution is 9.10. The third-order valence-electron chi connectivity index (χ3n) is 4.02. The number of benzene rings is 1. The zero-order valence-corrected chi connectivity index (χ0v) is 18.3. The predicted molar refractivity (Wildman–Crippen MR) is 117 cm³/mol. The van der Waals surface area contributed by atoms with Crippen molar-refractivity contribution in [3.63, 3.8) is 0 Å². The highest BCUT2D eigenvalue weighted by Gasteiger charge is 2.14. The molecule has 0 spiro atoms. The summed E-state index contributed by atoms with van der Waals surface area (Å²) in [6.07, 6.45) is 2.79. The fourth-order valence-corrected chi connectivity index (χ4v) is 3.72. The Bertz CT molecular complexity index is 961. The van der Waals surface area contributed by atoms with Gasteiger partial charge in [-0.1, -0.05) is 37.7 Å². The highest BCUT2D eigenvalue weighted by atomic mass is 79.9. The van der Waals surface area contributed by atoms with Crippen LogP contribution in [0.25, 0.3) is 11.0 Å². The molecular weight excluding hydrogens is 440 g/mol. The van der Waals surface area contributed by atoms with Gasteiger partial charge >= 0.3 is 0 Å². The van der Waals surface area contributed by atoms with Gasteiger partial charge in [-0.15, -0.1) is 0 Å². The Kier molecular flexibility index (Phi) is 7.27. The van der Waals surface area contributed by atoms with Gasteiger partial charge in [0.05, 0.1) is 23.7 Å². The Balaban J connectivity index is 1.75. The zero-order valence-electron chi connectivity index (χ0n) is 15.9. The summed E-state index contributed by atoms with van der Waals surface area (Å²) < 4.78 is 2.59. The second-order valence-electron chi connectivity index (χ2n) is 6.06. The first-order valence-corrected chi connectivity index (χ1v) is 11.0. The first-order valence-electron chi connectivity index (χ1n) is 9.27. The van der Waals surface area contributed by atoms with Gasteiger partial charge in [0.2, 0.25) is 0 Å². The smallest absolute Gasteiger partial charge is 0.252 e. The quantitative estimate of drug-likeness (QED) is 0.369. The van der Waals surface area contributed by atoms with E-state index in [1.165, 1.54) is 0 Å². The molecule has 7 nitrogen and oxygen atoms in total. The molecule has 0 radical (unpaired) electrons. The number of halogens is 1. The molecule has 28 heavy (non-hydrogen) atoms. The standard InChI is InChI=1S/C19H23BrN6OS/c1-3-9-21-16-14-12-23-26(17(14)25-19(24-16)28-4-2)11-10-22-18(27)13-7-5-6-8-15(13)20/h5-8,12H,3-4,9-11H2,1-2H3,(H,22,27)(H,21,24,25). The number of carbonyl (C=O) groups is 1. The first-order chi connectivity index (χ1) is 13.6. The van der Waals surface area contributed by atoms with Gasteiger partial charge < -0.3 is 10.6 Å². The van der Waals surface area contributed by atoms with Gasteiger partial charge in [0.25, 0.3) is 5.91 Å². The van der Waals surface area contributed by atoms with Gasteiger partial charge in [-0.25, -0.2) is 14.6 Å². The minimum absolute atomic E-state index is 0.119. The molecule has 0 aliphatic rings. The van der Waals surface area contributed by atoms with E-state index in [1.807, 2.05) is 22.9 Å². The summed E-state index contributed by atoms with van der Waals surface area (Å²) in [6.45, 7) is 6.01. The van der Waals surface area contributed by atoms with Crippen molar-refractivity contribution >= 4 is 50.5 Å². The van der Waals surface area contributed by atoms with E-state index in [9.17, 15) is 4.79 Å². The van der Waals surface area contributed by atoms with Crippen molar-refractivity contribution in [3.05, 3.63) is 40.5 Å².